The minimum Gasteiger partial charge on any atom is -0.329 e. The third-order valence-corrected chi connectivity index (χ3v) is 4.51. The van der Waals surface area contributed by atoms with E-state index in [1.54, 1.807) is 12.1 Å². The van der Waals surface area contributed by atoms with Crippen LogP contribution in [0.2, 0.25) is 0 Å². The quantitative estimate of drug-likeness (QED) is 0.591. The van der Waals surface area contributed by atoms with Crippen LogP contribution in [0.15, 0.2) is 59.9 Å². The van der Waals surface area contributed by atoms with Crippen LogP contribution in [0.4, 0.5) is 4.39 Å². The smallest absolute Gasteiger partial charge is 0.127 e. The zero-order chi connectivity index (χ0) is 14.7. The summed E-state index contributed by atoms with van der Waals surface area (Å²) >= 11 is 1.47. The van der Waals surface area contributed by atoms with Gasteiger partial charge >= 0.3 is 0 Å². The first-order valence-electron chi connectivity index (χ1n) is 6.60. The largest absolute Gasteiger partial charge is 0.329 e. The zero-order valence-electron chi connectivity index (χ0n) is 11.2. The Morgan fingerprint density at radius 1 is 1.05 bits per heavy atom. The summed E-state index contributed by atoms with van der Waals surface area (Å²) in [7, 11) is 0. The molecular weight excluding hydrogens is 285 g/mol. The summed E-state index contributed by atoms with van der Waals surface area (Å²) in [4.78, 5) is 8.56. The van der Waals surface area contributed by atoms with Crippen LogP contribution in [0.3, 0.4) is 0 Å². The summed E-state index contributed by atoms with van der Waals surface area (Å²) in [6.45, 7) is 0.337. The summed E-state index contributed by atoms with van der Waals surface area (Å²) in [5, 5.41) is 1.60. The van der Waals surface area contributed by atoms with E-state index in [-0.39, 0.29) is 11.1 Å². The third-order valence-electron chi connectivity index (χ3n) is 3.23. The zero-order valence-corrected chi connectivity index (χ0v) is 12.1. The fourth-order valence-corrected chi connectivity index (χ4v) is 3.27. The molecule has 1 atom stereocenters. The van der Waals surface area contributed by atoms with Crippen molar-refractivity contribution in [3.05, 3.63) is 66.2 Å². The van der Waals surface area contributed by atoms with Gasteiger partial charge in [0.2, 0.25) is 0 Å². The van der Waals surface area contributed by atoms with E-state index in [4.69, 9.17) is 5.73 Å². The van der Waals surface area contributed by atoms with Gasteiger partial charge in [-0.3, -0.25) is 0 Å². The van der Waals surface area contributed by atoms with Gasteiger partial charge in [-0.05, 0) is 12.1 Å². The molecule has 0 aliphatic heterocycles. The molecule has 3 nitrogen and oxygen atoms in total. The van der Waals surface area contributed by atoms with E-state index in [0.29, 0.717) is 12.1 Å². The Hall–Kier alpha value is -1.98. The predicted octanol–water partition coefficient (Wildman–Crippen LogP) is 3.56. The van der Waals surface area contributed by atoms with Crippen molar-refractivity contribution < 1.29 is 4.39 Å². The summed E-state index contributed by atoms with van der Waals surface area (Å²) in [5.74, 6) is -0.237. The van der Waals surface area contributed by atoms with E-state index >= 15 is 0 Å². The number of nitrogens with two attached hydrogens (primary N) is 1. The van der Waals surface area contributed by atoms with Gasteiger partial charge in [-0.25, -0.2) is 14.4 Å². The maximum absolute atomic E-state index is 13.9. The van der Waals surface area contributed by atoms with E-state index in [1.807, 2.05) is 30.3 Å². The molecule has 1 aromatic heterocycles. The highest BCUT2D eigenvalue weighted by molar-refractivity contribution is 7.99. The van der Waals surface area contributed by atoms with Crippen molar-refractivity contribution in [1.82, 2.24) is 9.97 Å². The van der Waals surface area contributed by atoms with Gasteiger partial charge in [-0.1, -0.05) is 48.2 Å². The molecule has 0 spiro atoms. The molecule has 0 bridgehead atoms. The van der Waals surface area contributed by atoms with Crippen LogP contribution in [-0.2, 0) is 0 Å². The first-order chi connectivity index (χ1) is 10.3. The van der Waals surface area contributed by atoms with Gasteiger partial charge in [0.25, 0.3) is 0 Å². The predicted molar refractivity (Wildman–Crippen MR) is 83.6 cm³/mol. The second-order valence-corrected chi connectivity index (χ2v) is 5.75. The lowest BCUT2D eigenvalue weighted by Crippen LogP contribution is -2.11. The molecular formula is C16H14FN3S. The maximum Gasteiger partial charge on any atom is 0.127 e. The van der Waals surface area contributed by atoms with Gasteiger partial charge in [-0.15, -0.1) is 0 Å². The molecule has 0 saturated heterocycles. The van der Waals surface area contributed by atoms with E-state index in [2.05, 4.69) is 9.97 Å². The van der Waals surface area contributed by atoms with E-state index in [0.717, 1.165) is 15.9 Å². The Labute approximate surface area is 126 Å². The van der Waals surface area contributed by atoms with Gasteiger partial charge in [0.1, 0.15) is 17.2 Å². The molecule has 1 unspecified atom stereocenters. The average molecular weight is 299 g/mol. The van der Waals surface area contributed by atoms with E-state index < -0.39 is 0 Å². The molecule has 0 aliphatic carbocycles. The molecule has 3 rings (SSSR count). The van der Waals surface area contributed by atoms with Crippen molar-refractivity contribution in [3.8, 4) is 0 Å². The lowest BCUT2D eigenvalue weighted by atomic mass is 10.1. The normalized spacial score (nSPS) is 12.5. The molecule has 0 aliphatic rings. The van der Waals surface area contributed by atoms with Crippen LogP contribution < -0.4 is 5.73 Å². The van der Waals surface area contributed by atoms with E-state index in [1.165, 1.54) is 24.2 Å². The number of aromatic nitrogens is 2. The van der Waals surface area contributed by atoms with Crippen LogP contribution in [0, 0.1) is 5.82 Å². The van der Waals surface area contributed by atoms with E-state index in [9.17, 15) is 4.39 Å². The molecule has 1 heterocycles. The fourth-order valence-electron chi connectivity index (χ4n) is 2.18. The highest BCUT2D eigenvalue weighted by atomic mass is 32.2. The van der Waals surface area contributed by atoms with Crippen molar-refractivity contribution in [2.24, 2.45) is 5.73 Å². The van der Waals surface area contributed by atoms with Gasteiger partial charge in [-0.2, -0.15) is 0 Å². The maximum atomic E-state index is 13.9. The number of para-hydroxylation sites is 1. The van der Waals surface area contributed by atoms with Crippen molar-refractivity contribution >= 4 is 22.7 Å². The Balaban J connectivity index is 1.98. The lowest BCUT2D eigenvalue weighted by Gasteiger charge is -2.15. The number of hydrogen-bond donors (Lipinski definition) is 1. The van der Waals surface area contributed by atoms with Gasteiger partial charge in [0.05, 0.1) is 10.8 Å². The number of fused-ring (bicyclic) bond motifs is 1. The Kier molecular flexibility index (Phi) is 4.13. The van der Waals surface area contributed by atoms with Crippen molar-refractivity contribution in [3.63, 3.8) is 0 Å². The van der Waals surface area contributed by atoms with Gasteiger partial charge in [0.15, 0.2) is 0 Å². The van der Waals surface area contributed by atoms with Crippen LogP contribution in [0.1, 0.15) is 10.8 Å². The highest BCUT2D eigenvalue weighted by Gasteiger charge is 2.17. The van der Waals surface area contributed by atoms with Crippen LogP contribution in [0.5, 0.6) is 0 Å². The second kappa shape index (κ2) is 6.20. The monoisotopic (exact) mass is 299 g/mol. The molecule has 5 heteroatoms. The van der Waals surface area contributed by atoms with Gasteiger partial charge < -0.3 is 5.73 Å². The average Bonchev–Trinajstić information content (AvgIpc) is 2.53. The molecule has 2 N–H and O–H groups in total. The van der Waals surface area contributed by atoms with Crippen molar-refractivity contribution in [1.29, 1.82) is 0 Å². The Morgan fingerprint density at radius 3 is 2.62 bits per heavy atom. The molecule has 3 aromatic rings. The lowest BCUT2D eigenvalue weighted by molar-refractivity contribution is 0.608. The summed E-state index contributed by atoms with van der Waals surface area (Å²) in [6, 6.07) is 14.5. The number of benzene rings is 2. The molecule has 0 fully saturated rings. The number of halogens is 1. The van der Waals surface area contributed by atoms with Crippen LogP contribution in [0.25, 0.3) is 10.9 Å². The fraction of sp³-hybridized carbons (Fsp3) is 0.125. The molecule has 106 valence electrons. The Bertz CT molecular complexity index is 758. The van der Waals surface area contributed by atoms with Crippen LogP contribution >= 0.6 is 11.8 Å². The highest BCUT2D eigenvalue weighted by Crippen LogP contribution is 2.37. The minimum atomic E-state index is -0.237. The summed E-state index contributed by atoms with van der Waals surface area (Å²) in [5.41, 5.74) is 7.31. The molecule has 0 amide bonds. The number of hydrogen-bond acceptors (Lipinski definition) is 4. The third kappa shape index (κ3) is 2.89. The second-order valence-electron chi connectivity index (χ2n) is 4.56. The standard InChI is InChI=1S/C16H14FN3S/c17-13-7-3-1-5-11(13)15(9-18)21-16-12-6-2-4-8-14(12)19-10-20-16/h1-8,10,15H,9,18H2. The van der Waals surface area contributed by atoms with Crippen molar-refractivity contribution in [2.45, 2.75) is 10.3 Å². The minimum absolute atomic E-state index is 0.176. The SMILES string of the molecule is NCC(Sc1ncnc2ccccc12)c1ccccc1F. The summed E-state index contributed by atoms with van der Waals surface area (Å²) in [6.07, 6.45) is 1.53. The molecule has 0 saturated carbocycles. The Morgan fingerprint density at radius 2 is 1.81 bits per heavy atom. The number of thioether (sulfide) groups is 1. The molecule has 2 aromatic carbocycles. The number of nitrogens with zero attached hydrogens (tertiary/aromatic N) is 2. The summed E-state index contributed by atoms with van der Waals surface area (Å²) < 4.78 is 13.9. The molecule has 0 radical (unpaired) electrons. The van der Waals surface area contributed by atoms with Crippen LogP contribution in [-0.4, -0.2) is 16.5 Å². The number of rotatable bonds is 4. The van der Waals surface area contributed by atoms with Crippen molar-refractivity contribution in [2.75, 3.05) is 6.54 Å². The first-order valence-corrected chi connectivity index (χ1v) is 7.48. The van der Waals surface area contributed by atoms with Gasteiger partial charge in [0, 0.05) is 17.5 Å². The topological polar surface area (TPSA) is 51.8 Å². The first kappa shape index (κ1) is 14.0. The molecule has 21 heavy (non-hydrogen) atoms.